The number of hydrogen-bond acceptors (Lipinski definition) is 4. The fraction of sp³-hybridized carbons (Fsp3) is 0.917. The molecule has 0 spiro atoms. The summed E-state index contributed by atoms with van der Waals surface area (Å²) >= 11 is 0. The van der Waals surface area contributed by atoms with Crippen LogP contribution in [0.1, 0.15) is 27.2 Å². The topological polar surface area (TPSA) is 59.6 Å². The summed E-state index contributed by atoms with van der Waals surface area (Å²) in [5.74, 6) is 0. The summed E-state index contributed by atoms with van der Waals surface area (Å²) in [5, 5.41) is 6.18. The Morgan fingerprint density at radius 3 is 3.06 bits per heavy atom. The first-order valence-electron chi connectivity index (χ1n) is 6.20. The second kappa shape index (κ2) is 4.46. The van der Waals surface area contributed by atoms with Gasteiger partial charge in [-0.05, 0) is 27.2 Å². The summed E-state index contributed by atoms with van der Waals surface area (Å²) in [5.41, 5.74) is -0.377. The van der Waals surface area contributed by atoms with Crippen LogP contribution in [-0.2, 0) is 9.47 Å². The van der Waals surface area contributed by atoms with Crippen molar-refractivity contribution in [2.75, 3.05) is 26.2 Å². The van der Waals surface area contributed by atoms with Gasteiger partial charge in [0, 0.05) is 31.7 Å². The molecule has 0 saturated carbocycles. The molecule has 98 valence electrons. The number of alkyl carbamates (subject to hydrolysis) is 1. The highest BCUT2D eigenvalue weighted by Gasteiger charge is 2.47. The van der Waals surface area contributed by atoms with Crippen molar-refractivity contribution in [2.24, 2.45) is 5.41 Å². The van der Waals surface area contributed by atoms with E-state index >= 15 is 0 Å². The van der Waals surface area contributed by atoms with E-state index in [4.69, 9.17) is 9.47 Å². The largest absolute Gasteiger partial charge is 0.444 e. The smallest absolute Gasteiger partial charge is 0.407 e. The molecule has 0 unspecified atom stereocenters. The maximum atomic E-state index is 11.6. The van der Waals surface area contributed by atoms with Crippen LogP contribution in [0.25, 0.3) is 0 Å². The van der Waals surface area contributed by atoms with Gasteiger partial charge in [-0.15, -0.1) is 0 Å². The minimum atomic E-state index is -0.443. The van der Waals surface area contributed by atoms with Crippen molar-refractivity contribution in [2.45, 2.75) is 38.9 Å². The third kappa shape index (κ3) is 2.90. The molecule has 2 aliphatic heterocycles. The third-order valence-electron chi connectivity index (χ3n) is 3.39. The normalized spacial score (nSPS) is 32.3. The van der Waals surface area contributed by atoms with Crippen LogP contribution in [0.4, 0.5) is 4.79 Å². The quantitative estimate of drug-likeness (QED) is 0.755. The summed E-state index contributed by atoms with van der Waals surface area (Å²) in [6.07, 6.45) is 0.891. The van der Waals surface area contributed by atoms with Crippen LogP contribution >= 0.6 is 0 Å². The minimum absolute atomic E-state index is 0.0664. The van der Waals surface area contributed by atoms with Crippen LogP contribution in [0.5, 0.6) is 0 Å². The molecule has 5 nitrogen and oxygen atoms in total. The molecule has 2 atom stereocenters. The Balaban J connectivity index is 1.83. The highest BCUT2D eigenvalue weighted by atomic mass is 16.6. The molecule has 0 radical (unpaired) electrons. The summed E-state index contributed by atoms with van der Waals surface area (Å²) in [6, 6.07) is 0. The molecule has 2 heterocycles. The Morgan fingerprint density at radius 2 is 2.35 bits per heavy atom. The van der Waals surface area contributed by atoms with Crippen LogP contribution in [0.2, 0.25) is 0 Å². The lowest BCUT2D eigenvalue weighted by Gasteiger charge is -2.27. The minimum Gasteiger partial charge on any atom is -0.444 e. The van der Waals surface area contributed by atoms with Gasteiger partial charge < -0.3 is 20.1 Å². The molecular formula is C12H22N2O3. The van der Waals surface area contributed by atoms with Crippen LogP contribution in [0.3, 0.4) is 0 Å². The Hall–Kier alpha value is -0.810. The number of carbonyl (C=O) groups is 1. The number of carbonyl (C=O) groups excluding carboxylic acids is 1. The van der Waals surface area contributed by atoms with Crippen LogP contribution in [0, 0.1) is 5.41 Å². The second-order valence-electron chi connectivity index (χ2n) is 5.96. The molecule has 0 aromatic carbocycles. The van der Waals surface area contributed by atoms with Gasteiger partial charge in [-0.2, -0.15) is 0 Å². The van der Waals surface area contributed by atoms with E-state index in [0.29, 0.717) is 6.54 Å². The number of fused-ring (bicyclic) bond motifs is 1. The lowest BCUT2D eigenvalue weighted by Crippen LogP contribution is -2.44. The fourth-order valence-corrected chi connectivity index (χ4v) is 2.50. The van der Waals surface area contributed by atoms with Gasteiger partial charge in [-0.3, -0.25) is 0 Å². The van der Waals surface area contributed by atoms with Gasteiger partial charge >= 0.3 is 6.09 Å². The number of rotatable bonds is 2. The molecule has 0 bridgehead atoms. The molecule has 0 aromatic rings. The molecule has 2 fully saturated rings. The zero-order valence-corrected chi connectivity index (χ0v) is 10.8. The van der Waals surface area contributed by atoms with Crippen molar-refractivity contribution in [3.63, 3.8) is 0 Å². The SMILES string of the molecule is CC(C)(C)OC(=O)NC[C@@]12CCO[C@@H]1CNC2. The van der Waals surface area contributed by atoms with E-state index in [1.807, 2.05) is 20.8 Å². The molecule has 2 N–H and O–H groups in total. The van der Waals surface area contributed by atoms with Gasteiger partial charge in [-0.25, -0.2) is 4.79 Å². The average molecular weight is 242 g/mol. The van der Waals surface area contributed by atoms with E-state index in [1.165, 1.54) is 0 Å². The zero-order valence-electron chi connectivity index (χ0n) is 10.8. The zero-order chi connectivity index (χ0) is 12.5. The van der Waals surface area contributed by atoms with Gasteiger partial charge in [0.05, 0.1) is 6.10 Å². The van der Waals surface area contributed by atoms with E-state index < -0.39 is 5.60 Å². The lowest BCUT2D eigenvalue weighted by atomic mass is 9.83. The van der Waals surface area contributed by atoms with Gasteiger partial charge in [0.25, 0.3) is 0 Å². The monoisotopic (exact) mass is 242 g/mol. The number of ether oxygens (including phenoxy) is 2. The second-order valence-corrected chi connectivity index (χ2v) is 5.96. The van der Waals surface area contributed by atoms with E-state index in [9.17, 15) is 4.79 Å². The Bertz CT molecular complexity index is 289. The number of hydrogen-bond donors (Lipinski definition) is 2. The van der Waals surface area contributed by atoms with Gasteiger partial charge in [0.1, 0.15) is 5.60 Å². The van der Waals surface area contributed by atoms with E-state index in [0.717, 1.165) is 26.1 Å². The third-order valence-corrected chi connectivity index (χ3v) is 3.39. The Kier molecular flexibility index (Phi) is 3.32. The summed E-state index contributed by atoms with van der Waals surface area (Å²) < 4.78 is 10.9. The first-order chi connectivity index (χ1) is 7.91. The van der Waals surface area contributed by atoms with Crippen molar-refractivity contribution in [1.82, 2.24) is 10.6 Å². The fourth-order valence-electron chi connectivity index (χ4n) is 2.50. The summed E-state index contributed by atoms with van der Waals surface area (Å²) in [4.78, 5) is 11.6. The lowest BCUT2D eigenvalue weighted by molar-refractivity contribution is 0.0464. The molecule has 0 aromatic heterocycles. The predicted octanol–water partition coefficient (Wildman–Crippen LogP) is 0.890. The van der Waals surface area contributed by atoms with Gasteiger partial charge in [-0.1, -0.05) is 0 Å². The van der Waals surface area contributed by atoms with Crippen molar-refractivity contribution in [3.05, 3.63) is 0 Å². The molecule has 2 saturated heterocycles. The molecule has 5 heteroatoms. The van der Waals surface area contributed by atoms with Crippen LogP contribution < -0.4 is 10.6 Å². The molecule has 2 aliphatic rings. The van der Waals surface area contributed by atoms with Gasteiger partial charge in [0.15, 0.2) is 0 Å². The highest BCUT2D eigenvalue weighted by molar-refractivity contribution is 5.67. The first kappa shape index (κ1) is 12.6. The standard InChI is InChI=1S/C12H22N2O3/c1-11(2,3)17-10(15)14-8-12-4-5-16-9(12)6-13-7-12/h9,13H,4-8H2,1-3H3,(H,14,15)/t9-,12+/m1/s1. The van der Waals surface area contributed by atoms with Crippen molar-refractivity contribution >= 4 is 6.09 Å². The van der Waals surface area contributed by atoms with E-state index in [1.54, 1.807) is 0 Å². The van der Waals surface area contributed by atoms with E-state index in [-0.39, 0.29) is 17.6 Å². The Labute approximate surface area is 102 Å². The van der Waals surface area contributed by atoms with Crippen molar-refractivity contribution < 1.29 is 14.3 Å². The predicted molar refractivity (Wildman–Crippen MR) is 63.9 cm³/mol. The first-order valence-corrected chi connectivity index (χ1v) is 6.20. The van der Waals surface area contributed by atoms with Crippen LogP contribution in [-0.4, -0.2) is 44.0 Å². The van der Waals surface area contributed by atoms with Crippen molar-refractivity contribution in [3.8, 4) is 0 Å². The molecule has 1 amide bonds. The van der Waals surface area contributed by atoms with Gasteiger partial charge in [0.2, 0.25) is 0 Å². The number of amides is 1. The van der Waals surface area contributed by atoms with E-state index in [2.05, 4.69) is 10.6 Å². The van der Waals surface area contributed by atoms with Crippen molar-refractivity contribution in [1.29, 1.82) is 0 Å². The maximum Gasteiger partial charge on any atom is 0.407 e. The molecule has 0 aliphatic carbocycles. The molecular weight excluding hydrogens is 220 g/mol. The van der Waals surface area contributed by atoms with Crippen LogP contribution in [0.15, 0.2) is 0 Å². The maximum absolute atomic E-state index is 11.6. The molecule has 2 rings (SSSR count). The highest BCUT2D eigenvalue weighted by Crippen LogP contribution is 2.36. The summed E-state index contributed by atoms with van der Waals surface area (Å²) in [6.45, 7) is 8.81. The number of nitrogens with one attached hydrogen (secondary N) is 2. The molecule has 17 heavy (non-hydrogen) atoms. The average Bonchev–Trinajstić information content (AvgIpc) is 2.69. The Morgan fingerprint density at radius 1 is 1.59 bits per heavy atom. The summed E-state index contributed by atoms with van der Waals surface area (Å²) in [7, 11) is 0.